The molecule has 0 bridgehead atoms. The fourth-order valence-corrected chi connectivity index (χ4v) is 2.65. The highest BCUT2D eigenvalue weighted by Crippen LogP contribution is 2.32. The van der Waals surface area contributed by atoms with Gasteiger partial charge >= 0.3 is 0 Å². The van der Waals surface area contributed by atoms with Gasteiger partial charge in [-0.3, -0.25) is 0 Å². The molecule has 2 aliphatic rings. The Morgan fingerprint density at radius 1 is 1.21 bits per heavy atom. The molecule has 0 amide bonds. The maximum absolute atomic E-state index is 6.14. The topological polar surface area (TPSA) is 9.23 Å². The summed E-state index contributed by atoms with van der Waals surface area (Å²) >= 11 is 0. The molecule has 1 unspecified atom stereocenters. The fraction of sp³-hybridized carbons (Fsp3) is 0.846. The Bertz CT molecular complexity index is 203. The van der Waals surface area contributed by atoms with Crippen molar-refractivity contribution in [3.05, 3.63) is 12.2 Å². The second-order valence-corrected chi connectivity index (χ2v) is 5.07. The van der Waals surface area contributed by atoms with Crippen LogP contribution in [0.2, 0.25) is 0 Å². The van der Waals surface area contributed by atoms with Crippen molar-refractivity contribution in [2.75, 3.05) is 0 Å². The molecule has 0 radical (unpaired) electrons. The zero-order chi connectivity index (χ0) is 9.97. The molecule has 2 saturated carbocycles. The summed E-state index contributed by atoms with van der Waals surface area (Å²) in [5, 5.41) is 0. The highest BCUT2D eigenvalue weighted by atomic mass is 16.5. The molecule has 1 nitrogen and oxygen atoms in total. The maximum Gasteiger partial charge on any atom is 0.0788 e. The highest BCUT2D eigenvalue weighted by Gasteiger charge is 2.26. The molecular weight excluding hydrogens is 172 g/mol. The van der Waals surface area contributed by atoms with Crippen LogP contribution in [-0.4, -0.2) is 12.2 Å². The van der Waals surface area contributed by atoms with Crippen molar-refractivity contribution in [3.63, 3.8) is 0 Å². The van der Waals surface area contributed by atoms with Crippen molar-refractivity contribution < 1.29 is 4.74 Å². The van der Waals surface area contributed by atoms with E-state index in [1.165, 1.54) is 50.5 Å². The van der Waals surface area contributed by atoms with E-state index in [0.717, 1.165) is 5.92 Å². The summed E-state index contributed by atoms with van der Waals surface area (Å²) in [6.07, 6.45) is 9.88. The summed E-state index contributed by atoms with van der Waals surface area (Å²) in [4.78, 5) is 0. The summed E-state index contributed by atoms with van der Waals surface area (Å²) in [7, 11) is 0. The third-order valence-corrected chi connectivity index (χ3v) is 3.69. The molecule has 2 rings (SSSR count). The number of hydrogen-bond acceptors (Lipinski definition) is 1. The monoisotopic (exact) mass is 194 g/mol. The van der Waals surface area contributed by atoms with Gasteiger partial charge < -0.3 is 4.74 Å². The van der Waals surface area contributed by atoms with Crippen molar-refractivity contribution in [2.24, 2.45) is 5.92 Å². The largest absolute Gasteiger partial charge is 0.371 e. The first-order chi connectivity index (χ1) is 6.75. The lowest BCUT2D eigenvalue weighted by Gasteiger charge is -2.31. The quantitative estimate of drug-likeness (QED) is 0.609. The third kappa shape index (κ3) is 2.38. The molecule has 0 aromatic heterocycles. The van der Waals surface area contributed by atoms with Crippen molar-refractivity contribution >= 4 is 0 Å². The summed E-state index contributed by atoms with van der Waals surface area (Å²) in [5.41, 5.74) is 1.34. The SMILES string of the molecule is C=C1CC[C@H](C)CC1OC1CCCC1. The average Bonchev–Trinajstić information content (AvgIpc) is 2.64. The second-order valence-electron chi connectivity index (χ2n) is 5.07. The summed E-state index contributed by atoms with van der Waals surface area (Å²) in [6.45, 7) is 6.48. The van der Waals surface area contributed by atoms with Gasteiger partial charge in [0.15, 0.2) is 0 Å². The zero-order valence-electron chi connectivity index (χ0n) is 9.30. The predicted molar refractivity (Wildman–Crippen MR) is 59.3 cm³/mol. The summed E-state index contributed by atoms with van der Waals surface area (Å²) in [6, 6.07) is 0. The minimum absolute atomic E-state index is 0.377. The lowest BCUT2D eigenvalue weighted by atomic mass is 9.85. The van der Waals surface area contributed by atoms with E-state index in [1.54, 1.807) is 0 Å². The van der Waals surface area contributed by atoms with Gasteiger partial charge in [0.1, 0.15) is 0 Å². The minimum atomic E-state index is 0.377. The van der Waals surface area contributed by atoms with E-state index in [2.05, 4.69) is 13.5 Å². The van der Waals surface area contributed by atoms with Crippen LogP contribution in [0.25, 0.3) is 0 Å². The lowest BCUT2D eigenvalue weighted by molar-refractivity contribution is -0.00812. The molecule has 0 aromatic rings. The molecule has 0 heterocycles. The highest BCUT2D eigenvalue weighted by molar-refractivity contribution is 5.06. The Labute approximate surface area is 87.5 Å². The van der Waals surface area contributed by atoms with Crippen LogP contribution in [0.1, 0.15) is 51.9 Å². The Balaban J connectivity index is 1.85. The Hall–Kier alpha value is -0.300. The Kier molecular flexibility index (Phi) is 3.27. The van der Waals surface area contributed by atoms with E-state index in [0.29, 0.717) is 12.2 Å². The van der Waals surface area contributed by atoms with Gasteiger partial charge in [-0.2, -0.15) is 0 Å². The van der Waals surface area contributed by atoms with Gasteiger partial charge in [-0.1, -0.05) is 26.3 Å². The van der Waals surface area contributed by atoms with Gasteiger partial charge in [0.2, 0.25) is 0 Å². The van der Waals surface area contributed by atoms with Gasteiger partial charge in [-0.05, 0) is 43.6 Å². The van der Waals surface area contributed by atoms with Crippen LogP contribution in [0.4, 0.5) is 0 Å². The van der Waals surface area contributed by atoms with Crippen molar-refractivity contribution in [1.29, 1.82) is 0 Å². The Morgan fingerprint density at radius 3 is 2.64 bits per heavy atom. The van der Waals surface area contributed by atoms with Gasteiger partial charge in [0, 0.05) is 0 Å². The maximum atomic E-state index is 6.14. The normalized spacial score (nSPS) is 35.1. The van der Waals surface area contributed by atoms with E-state index >= 15 is 0 Å². The second kappa shape index (κ2) is 4.48. The van der Waals surface area contributed by atoms with E-state index in [-0.39, 0.29) is 0 Å². The van der Waals surface area contributed by atoms with Crippen LogP contribution in [0, 0.1) is 5.92 Å². The fourth-order valence-electron chi connectivity index (χ4n) is 2.65. The van der Waals surface area contributed by atoms with Gasteiger partial charge in [0.05, 0.1) is 12.2 Å². The molecule has 2 aliphatic carbocycles. The first-order valence-electron chi connectivity index (χ1n) is 6.09. The smallest absolute Gasteiger partial charge is 0.0788 e. The molecule has 80 valence electrons. The lowest BCUT2D eigenvalue weighted by Crippen LogP contribution is -2.27. The van der Waals surface area contributed by atoms with Crippen LogP contribution in [0.3, 0.4) is 0 Å². The van der Waals surface area contributed by atoms with E-state index < -0.39 is 0 Å². The molecule has 2 fully saturated rings. The van der Waals surface area contributed by atoms with Gasteiger partial charge in [-0.25, -0.2) is 0 Å². The Morgan fingerprint density at radius 2 is 1.93 bits per heavy atom. The molecule has 1 heteroatoms. The molecule has 0 saturated heterocycles. The van der Waals surface area contributed by atoms with Gasteiger partial charge in [-0.15, -0.1) is 0 Å². The summed E-state index contributed by atoms with van der Waals surface area (Å²) in [5.74, 6) is 0.826. The first-order valence-corrected chi connectivity index (χ1v) is 6.09. The standard InChI is InChI=1S/C13H22O/c1-10-7-8-11(2)13(9-10)14-12-5-3-4-6-12/h10,12-13H,2-9H2,1H3/t10-,13?/m0/s1. The molecule has 14 heavy (non-hydrogen) atoms. The van der Waals surface area contributed by atoms with E-state index in [9.17, 15) is 0 Å². The molecule has 0 aliphatic heterocycles. The van der Waals surface area contributed by atoms with Crippen molar-refractivity contribution in [1.82, 2.24) is 0 Å². The molecular formula is C13H22O. The predicted octanol–water partition coefficient (Wildman–Crippen LogP) is 3.69. The van der Waals surface area contributed by atoms with E-state index in [4.69, 9.17) is 4.74 Å². The van der Waals surface area contributed by atoms with Crippen LogP contribution in [-0.2, 0) is 4.74 Å². The third-order valence-electron chi connectivity index (χ3n) is 3.69. The van der Waals surface area contributed by atoms with Gasteiger partial charge in [0.25, 0.3) is 0 Å². The van der Waals surface area contributed by atoms with Crippen molar-refractivity contribution in [3.8, 4) is 0 Å². The van der Waals surface area contributed by atoms with Crippen LogP contribution in [0.5, 0.6) is 0 Å². The van der Waals surface area contributed by atoms with E-state index in [1.807, 2.05) is 0 Å². The number of hydrogen-bond donors (Lipinski definition) is 0. The number of rotatable bonds is 2. The minimum Gasteiger partial charge on any atom is -0.371 e. The van der Waals surface area contributed by atoms with Crippen molar-refractivity contribution in [2.45, 2.75) is 64.1 Å². The molecule has 2 atom stereocenters. The molecule has 0 spiro atoms. The average molecular weight is 194 g/mol. The summed E-state index contributed by atoms with van der Waals surface area (Å²) < 4.78 is 6.14. The number of ether oxygens (including phenoxy) is 1. The zero-order valence-corrected chi connectivity index (χ0v) is 9.30. The van der Waals surface area contributed by atoms with Crippen LogP contribution in [0.15, 0.2) is 12.2 Å². The van der Waals surface area contributed by atoms with Crippen LogP contribution < -0.4 is 0 Å². The first kappa shape index (κ1) is 10.2. The van der Waals surface area contributed by atoms with Crippen LogP contribution >= 0.6 is 0 Å². The molecule has 0 aromatic carbocycles. The molecule has 0 N–H and O–H groups in total.